The summed E-state index contributed by atoms with van der Waals surface area (Å²) in [5.74, 6) is -0.420. The summed E-state index contributed by atoms with van der Waals surface area (Å²) in [6, 6.07) is 0. The van der Waals surface area contributed by atoms with Crippen LogP contribution in [0.4, 0.5) is 4.79 Å². The molecule has 0 atom stereocenters. The number of rotatable bonds is 3. The number of amides is 1. The SMILES string of the molecule is CBC(=O)NS(=O)(=O)C1CC1. The molecule has 0 aliphatic heterocycles. The van der Waals surface area contributed by atoms with Gasteiger partial charge in [-0.1, -0.05) is 6.82 Å². The molecule has 0 spiro atoms. The van der Waals surface area contributed by atoms with Gasteiger partial charge >= 0.3 is 0 Å². The Morgan fingerprint density at radius 2 is 2.09 bits per heavy atom. The third kappa shape index (κ3) is 2.22. The maximum atomic E-state index is 11.0. The molecule has 62 valence electrons. The van der Waals surface area contributed by atoms with Crippen LogP contribution in [0.3, 0.4) is 0 Å². The van der Waals surface area contributed by atoms with E-state index in [0.29, 0.717) is 12.8 Å². The summed E-state index contributed by atoms with van der Waals surface area (Å²) in [5.41, 5.74) is 0. The second kappa shape index (κ2) is 2.85. The maximum absolute atomic E-state index is 11.0. The van der Waals surface area contributed by atoms with E-state index in [1.54, 1.807) is 6.82 Å². The van der Waals surface area contributed by atoms with Crippen LogP contribution >= 0.6 is 0 Å². The molecule has 1 aliphatic carbocycles. The molecule has 0 unspecified atom stereocenters. The van der Waals surface area contributed by atoms with E-state index >= 15 is 0 Å². The molecule has 0 aromatic heterocycles. The highest BCUT2D eigenvalue weighted by molar-refractivity contribution is 7.91. The van der Waals surface area contributed by atoms with Crippen molar-refractivity contribution in [2.45, 2.75) is 24.9 Å². The van der Waals surface area contributed by atoms with Crippen LogP contribution in [0.15, 0.2) is 0 Å². The normalized spacial score (nSPS) is 17.5. The van der Waals surface area contributed by atoms with Gasteiger partial charge in [0.1, 0.15) is 0 Å². The average Bonchev–Trinajstić information content (AvgIpc) is 2.66. The van der Waals surface area contributed by atoms with Crippen molar-refractivity contribution >= 4 is 23.1 Å². The summed E-state index contributed by atoms with van der Waals surface area (Å²) in [5, 5.41) is -0.307. The van der Waals surface area contributed by atoms with Gasteiger partial charge in [0, 0.05) is 0 Å². The summed E-state index contributed by atoms with van der Waals surface area (Å²) in [6.07, 6.45) is 1.37. The van der Waals surface area contributed by atoms with Crippen molar-refractivity contribution < 1.29 is 13.2 Å². The van der Waals surface area contributed by atoms with Crippen molar-refractivity contribution in [1.29, 1.82) is 0 Å². The molecule has 4 nitrogen and oxygen atoms in total. The number of hydrogen-bond donors (Lipinski definition) is 1. The molecule has 1 fully saturated rings. The minimum absolute atomic E-state index is 0.214. The van der Waals surface area contributed by atoms with Crippen LogP contribution in [0.1, 0.15) is 12.8 Å². The van der Waals surface area contributed by atoms with E-state index in [1.165, 1.54) is 0 Å². The first-order chi connectivity index (χ1) is 5.06. The summed E-state index contributed by atoms with van der Waals surface area (Å²) in [7, 11) is -3.08. The van der Waals surface area contributed by atoms with Gasteiger partial charge in [-0.3, -0.25) is 9.52 Å². The standard InChI is InChI=1S/C5H10BNO3S/c1-6-5(8)7-11(9,10)4-2-3-4/h4,6H,2-3H2,1H3,(H,7,8). The van der Waals surface area contributed by atoms with E-state index in [0.717, 1.165) is 0 Å². The third-order valence-corrected chi connectivity index (χ3v) is 3.40. The van der Waals surface area contributed by atoms with Gasteiger partial charge in [-0.15, -0.1) is 0 Å². The number of carbonyl (C=O) groups is 1. The molecule has 0 aromatic carbocycles. The molecule has 1 N–H and O–H groups in total. The fourth-order valence-corrected chi connectivity index (χ4v) is 2.08. The number of nitrogens with one attached hydrogen (secondary N) is 1. The van der Waals surface area contributed by atoms with Crippen LogP contribution in [-0.2, 0) is 10.0 Å². The highest BCUT2D eigenvalue weighted by Crippen LogP contribution is 2.27. The fraction of sp³-hybridized carbons (Fsp3) is 0.800. The van der Waals surface area contributed by atoms with Gasteiger partial charge in [0.15, 0.2) is 5.81 Å². The van der Waals surface area contributed by atoms with Gasteiger partial charge in [0.05, 0.1) is 5.25 Å². The molecular formula is C5H10BNO3S. The minimum atomic E-state index is -3.30. The number of carbonyl (C=O) groups excluding carboxylic acids is 1. The Balaban J connectivity index is 2.53. The fourth-order valence-electron chi connectivity index (χ4n) is 0.693. The van der Waals surface area contributed by atoms with E-state index in [4.69, 9.17) is 0 Å². The molecule has 0 heterocycles. The van der Waals surface area contributed by atoms with Gasteiger partial charge in [0.2, 0.25) is 17.3 Å². The smallest absolute Gasteiger partial charge is 0.237 e. The molecule has 0 saturated heterocycles. The van der Waals surface area contributed by atoms with E-state index < -0.39 is 15.8 Å². The average molecular weight is 175 g/mol. The van der Waals surface area contributed by atoms with Gasteiger partial charge in [0.25, 0.3) is 0 Å². The van der Waals surface area contributed by atoms with Crippen molar-refractivity contribution in [3.8, 4) is 0 Å². The zero-order valence-electron chi connectivity index (χ0n) is 6.33. The van der Waals surface area contributed by atoms with Crippen LogP contribution in [0.5, 0.6) is 0 Å². The summed E-state index contributed by atoms with van der Waals surface area (Å²) < 4.78 is 24.1. The zero-order valence-corrected chi connectivity index (χ0v) is 7.15. The lowest BCUT2D eigenvalue weighted by Crippen LogP contribution is -2.34. The van der Waals surface area contributed by atoms with Crippen LogP contribution < -0.4 is 4.72 Å². The largest absolute Gasteiger partial charge is 0.287 e. The Morgan fingerprint density at radius 3 is 2.45 bits per heavy atom. The lowest BCUT2D eigenvalue weighted by atomic mass is 9.82. The molecule has 0 aromatic rings. The van der Waals surface area contributed by atoms with Gasteiger partial charge < -0.3 is 0 Å². The topological polar surface area (TPSA) is 63.2 Å². The van der Waals surface area contributed by atoms with E-state index in [1.807, 2.05) is 4.72 Å². The molecule has 6 heteroatoms. The van der Waals surface area contributed by atoms with Crippen LogP contribution in [0, 0.1) is 0 Å². The van der Waals surface area contributed by atoms with Crippen molar-refractivity contribution in [2.75, 3.05) is 0 Å². The number of sulfonamides is 1. The Hall–Kier alpha value is -0.515. The Kier molecular flexibility index (Phi) is 2.22. The molecule has 1 amide bonds. The lowest BCUT2D eigenvalue weighted by molar-refractivity contribution is 0.263. The van der Waals surface area contributed by atoms with Crippen molar-refractivity contribution in [3.05, 3.63) is 0 Å². The van der Waals surface area contributed by atoms with E-state index in [-0.39, 0.29) is 12.5 Å². The lowest BCUT2D eigenvalue weighted by Gasteiger charge is -2.01. The third-order valence-electron chi connectivity index (χ3n) is 1.54. The molecule has 1 aliphatic rings. The number of hydrogen-bond acceptors (Lipinski definition) is 3. The van der Waals surface area contributed by atoms with Crippen LogP contribution in [0.2, 0.25) is 6.82 Å². The second-order valence-corrected chi connectivity index (χ2v) is 4.58. The predicted molar refractivity (Wildman–Crippen MR) is 43.5 cm³/mol. The molecule has 11 heavy (non-hydrogen) atoms. The molecule has 1 rings (SSSR count). The Morgan fingerprint density at radius 1 is 1.55 bits per heavy atom. The van der Waals surface area contributed by atoms with Crippen LogP contribution in [-0.4, -0.2) is 26.8 Å². The summed E-state index contributed by atoms with van der Waals surface area (Å²) in [4.78, 5) is 10.7. The highest BCUT2D eigenvalue weighted by Gasteiger charge is 2.36. The first kappa shape index (κ1) is 8.58. The first-order valence-electron chi connectivity index (χ1n) is 3.60. The van der Waals surface area contributed by atoms with Crippen molar-refractivity contribution in [2.24, 2.45) is 0 Å². The summed E-state index contributed by atoms with van der Waals surface area (Å²) >= 11 is 0. The monoisotopic (exact) mass is 175 g/mol. The van der Waals surface area contributed by atoms with Crippen molar-refractivity contribution in [1.82, 2.24) is 4.72 Å². The molecule has 0 bridgehead atoms. The van der Waals surface area contributed by atoms with Crippen LogP contribution in [0.25, 0.3) is 0 Å². The second-order valence-electron chi connectivity index (χ2n) is 2.62. The van der Waals surface area contributed by atoms with Crippen molar-refractivity contribution in [3.63, 3.8) is 0 Å². The quantitative estimate of drug-likeness (QED) is 0.597. The molecular weight excluding hydrogens is 165 g/mol. The van der Waals surface area contributed by atoms with Gasteiger partial charge in [-0.2, -0.15) is 0 Å². The minimum Gasteiger partial charge on any atom is -0.287 e. The zero-order chi connectivity index (χ0) is 8.48. The Labute approximate surface area is 66.7 Å². The molecule has 1 saturated carbocycles. The molecule has 0 radical (unpaired) electrons. The highest BCUT2D eigenvalue weighted by atomic mass is 32.2. The van der Waals surface area contributed by atoms with E-state index in [2.05, 4.69) is 0 Å². The first-order valence-corrected chi connectivity index (χ1v) is 5.15. The van der Waals surface area contributed by atoms with E-state index in [9.17, 15) is 13.2 Å². The summed E-state index contributed by atoms with van der Waals surface area (Å²) in [6.45, 7) is 1.62. The predicted octanol–water partition coefficient (Wildman–Crippen LogP) is -0.327. The van der Waals surface area contributed by atoms with Gasteiger partial charge in [-0.25, -0.2) is 8.42 Å². The Bertz CT molecular complexity index is 257. The van der Waals surface area contributed by atoms with Gasteiger partial charge in [-0.05, 0) is 12.8 Å². The maximum Gasteiger partial charge on any atom is 0.237 e.